The molecule has 5 nitrogen and oxygen atoms in total. The molecular formula is C22H29N5. The fourth-order valence-electron chi connectivity index (χ4n) is 4.17. The number of fused-ring (bicyclic) bond motifs is 1. The van der Waals surface area contributed by atoms with Crippen LogP contribution in [-0.4, -0.2) is 39.1 Å². The molecule has 2 unspecified atom stereocenters. The molecule has 1 aliphatic heterocycles. The van der Waals surface area contributed by atoms with Crippen molar-refractivity contribution in [2.75, 3.05) is 25.4 Å². The largest absolute Gasteiger partial charge is 0.384 e. The molecule has 0 saturated carbocycles. The summed E-state index contributed by atoms with van der Waals surface area (Å²) in [6, 6.07) is 14.8. The Morgan fingerprint density at radius 2 is 2.04 bits per heavy atom. The Hall–Kier alpha value is -2.40. The van der Waals surface area contributed by atoms with Gasteiger partial charge >= 0.3 is 0 Å². The zero-order valence-corrected chi connectivity index (χ0v) is 16.3. The minimum absolute atomic E-state index is 0.452. The Morgan fingerprint density at radius 1 is 1.22 bits per heavy atom. The van der Waals surface area contributed by atoms with Gasteiger partial charge in [-0.25, -0.2) is 4.98 Å². The van der Waals surface area contributed by atoms with Crippen LogP contribution in [0.25, 0.3) is 5.65 Å². The van der Waals surface area contributed by atoms with Gasteiger partial charge in [-0.2, -0.15) is 9.61 Å². The zero-order chi connectivity index (χ0) is 18.8. The molecule has 2 aromatic heterocycles. The quantitative estimate of drug-likeness (QED) is 0.744. The van der Waals surface area contributed by atoms with Crippen LogP contribution in [0.2, 0.25) is 0 Å². The van der Waals surface area contributed by atoms with Gasteiger partial charge in [0.25, 0.3) is 0 Å². The summed E-state index contributed by atoms with van der Waals surface area (Å²) in [5.74, 6) is 1.72. The summed E-state index contributed by atoms with van der Waals surface area (Å²) in [5, 5.41) is 4.41. The van der Waals surface area contributed by atoms with Gasteiger partial charge in [0, 0.05) is 24.6 Å². The standard InChI is InChI=1S/C22H29N5/c1-16(18-7-4-3-5-8-18)10-12-26-11-6-9-19(15-26)20-14-21(23)27-22(24-20)13-17(2)25-27/h3-5,7-8,13-14,16,19H,6,9-12,15,23H2,1-2H3. The highest BCUT2D eigenvalue weighted by Crippen LogP contribution is 2.28. The number of hydrogen-bond acceptors (Lipinski definition) is 4. The zero-order valence-electron chi connectivity index (χ0n) is 16.3. The van der Waals surface area contributed by atoms with Crippen LogP contribution in [0.5, 0.6) is 0 Å². The van der Waals surface area contributed by atoms with Gasteiger partial charge in [0.1, 0.15) is 5.82 Å². The van der Waals surface area contributed by atoms with Crippen molar-refractivity contribution in [2.45, 2.75) is 44.9 Å². The maximum atomic E-state index is 6.22. The van der Waals surface area contributed by atoms with Crippen LogP contribution >= 0.6 is 0 Å². The van der Waals surface area contributed by atoms with Crippen LogP contribution in [0.3, 0.4) is 0 Å². The maximum Gasteiger partial charge on any atom is 0.157 e. The molecule has 142 valence electrons. The number of nitrogens with two attached hydrogens (primary N) is 1. The van der Waals surface area contributed by atoms with E-state index in [1.54, 1.807) is 4.52 Å². The fourth-order valence-corrected chi connectivity index (χ4v) is 4.17. The Bertz CT molecular complexity index is 902. The first kappa shape index (κ1) is 18.0. The third-order valence-electron chi connectivity index (χ3n) is 5.77. The lowest BCUT2D eigenvalue weighted by Crippen LogP contribution is -2.35. The lowest BCUT2D eigenvalue weighted by atomic mass is 9.93. The van der Waals surface area contributed by atoms with E-state index < -0.39 is 0 Å². The average molecular weight is 364 g/mol. The molecule has 3 aromatic rings. The van der Waals surface area contributed by atoms with Gasteiger partial charge in [-0.3, -0.25) is 0 Å². The van der Waals surface area contributed by atoms with Crippen LogP contribution in [0, 0.1) is 6.92 Å². The highest BCUT2D eigenvalue weighted by molar-refractivity contribution is 5.48. The predicted octanol–water partition coefficient (Wildman–Crippen LogP) is 3.99. The Morgan fingerprint density at radius 3 is 2.85 bits per heavy atom. The molecule has 2 atom stereocenters. The van der Waals surface area contributed by atoms with Crippen LogP contribution in [0.1, 0.15) is 55.0 Å². The van der Waals surface area contributed by atoms with Gasteiger partial charge in [-0.15, -0.1) is 0 Å². The van der Waals surface area contributed by atoms with Crippen molar-refractivity contribution in [1.82, 2.24) is 19.5 Å². The Labute approximate surface area is 161 Å². The van der Waals surface area contributed by atoms with Gasteiger partial charge in [-0.05, 0) is 50.8 Å². The molecule has 0 spiro atoms. The van der Waals surface area contributed by atoms with Crippen LogP contribution in [0.4, 0.5) is 5.82 Å². The summed E-state index contributed by atoms with van der Waals surface area (Å²) in [5.41, 5.74) is 10.6. The molecule has 2 N–H and O–H groups in total. The van der Waals surface area contributed by atoms with Crippen molar-refractivity contribution >= 4 is 11.5 Å². The summed E-state index contributed by atoms with van der Waals surface area (Å²) in [6.45, 7) is 7.69. The lowest BCUT2D eigenvalue weighted by Gasteiger charge is -2.33. The first-order valence-electron chi connectivity index (χ1n) is 10.0. The first-order valence-corrected chi connectivity index (χ1v) is 10.0. The highest BCUT2D eigenvalue weighted by atomic mass is 15.3. The van der Waals surface area contributed by atoms with Gasteiger partial charge in [0.2, 0.25) is 0 Å². The average Bonchev–Trinajstić information content (AvgIpc) is 3.08. The predicted molar refractivity (Wildman–Crippen MR) is 110 cm³/mol. The molecule has 27 heavy (non-hydrogen) atoms. The Kier molecular flexibility index (Phi) is 5.12. The topological polar surface area (TPSA) is 59.5 Å². The van der Waals surface area contributed by atoms with E-state index in [0.717, 1.165) is 30.1 Å². The number of nitrogens with zero attached hydrogens (tertiary/aromatic N) is 4. The van der Waals surface area contributed by atoms with Crippen molar-refractivity contribution in [3.63, 3.8) is 0 Å². The van der Waals surface area contributed by atoms with Crippen molar-refractivity contribution in [1.29, 1.82) is 0 Å². The monoisotopic (exact) mass is 363 g/mol. The lowest BCUT2D eigenvalue weighted by molar-refractivity contribution is 0.200. The van der Waals surface area contributed by atoms with E-state index in [0.29, 0.717) is 17.7 Å². The van der Waals surface area contributed by atoms with Crippen molar-refractivity contribution in [3.05, 3.63) is 59.4 Å². The van der Waals surface area contributed by atoms with Gasteiger partial charge < -0.3 is 10.6 Å². The Balaban J connectivity index is 1.42. The summed E-state index contributed by atoms with van der Waals surface area (Å²) in [6.07, 6.45) is 3.59. The molecule has 0 radical (unpaired) electrons. The van der Waals surface area contributed by atoms with Crippen LogP contribution < -0.4 is 5.73 Å². The molecule has 1 aliphatic rings. The third kappa shape index (κ3) is 3.98. The second-order valence-electron chi connectivity index (χ2n) is 7.90. The number of anilines is 1. The van der Waals surface area contributed by atoms with E-state index in [-0.39, 0.29) is 0 Å². The SMILES string of the molecule is Cc1cc2nc(C3CCCN(CCC(C)c4ccccc4)C3)cc(N)n2n1. The van der Waals surface area contributed by atoms with E-state index in [1.165, 1.54) is 31.4 Å². The summed E-state index contributed by atoms with van der Waals surface area (Å²) >= 11 is 0. The summed E-state index contributed by atoms with van der Waals surface area (Å²) in [4.78, 5) is 7.45. The number of benzene rings is 1. The molecule has 0 bridgehead atoms. The molecule has 5 heteroatoms. The second-order valence-corrected chi connectivity index (χ2v) is 7.90. The number of nitrogen functional groups attached to an aromatic ring is 1. The number of aromatic nitrogens is 3. The number of rotatable bonds is 5. The van der Waals surface area contributed by atoms with Crippen LogP contribution in [0.15, 0.2) is 42.5 Å². The van der Waals surface area contributed by atoms with Crippen molar-refractivity contribution in [2.24, 2.45) is 0 Å². The van der Waals surface area contributed by atoms with Gasteiger partial charge in [0.15, 0.2) is 5.65 Å². The van der Waals surface area contributed by atoms with Crippen molar-refractivity contribution in [3.8, 4) is 0 Å². The van der Waals surface area contributed by atoms with E-state index in [4.69, 9.17) is 10.7 Å². The number of aryl methyl sites for hydroxylation is 1. The van der Waals surface area contributed by atoms with Gasteiger partial charge in [-0.1, -0.05) is 37.3 Å². The first-order chi connectivity index (χ1) is 13.1. The summed E-state index contributed by atoms with van der Waals surface area (Å²) < 4.78 is 1.74. The van der Waals surface area contributed by atoms with Gasteiger partial charge in [0.05, 0.1) is 11.4 Å². The summed E-state index contributed by atoms with van der Waals surface area (Å²) in [7, 11) is 0. The highest BCUT2D eigenvalue weighted by Gasteiger charge is 2.23. The molecule has 4 rings (SSSR count). The van der Waals surface area contributed by atoms with E-state index >= 15 is 0 Å². The van der Waals surface area contributed by atoms with Crippen LogP contribution in [-0.2, 0) is 0 Å². The second kappa shape index (κ2) is 7.69. The molecule has 3 heterocycles. The minimum Gasteiger partial charge on any atom is -0.384 e. The molecular weight excluding hydrogens is 334 g/mol. The number of likely N-dealkylation sites (tertiary alicyclic amines) is 1. The molecule has 1 fully saturated rings. The number of hydrogen-bond donors (Lipinski definition) is 1. The molecule has 0 amide bonds. The minimum atomic E-state index is 0.452. The smallest absolute Gasteiger partial charge is 0.157 e. The maximum absolute atomic E-state index is 6.22. The third-order valence-corrected chi connectivity index (χ3v) is 5.77. The van der Waals surface area contributed by atoms with E-state index in [2.05, 4.69) is 47.3 Å². The molecule has 1 aromatic carbocycles. The fraction of sp³-hybridized carbons (Fsp3) is 0.455. The normalized spacial score (nSPS) is 19.4. The molecule has 1 saturated heterocycles. The number of piperidine rings is 1. The van der Waals surface area contributed by atoms with Crippen molar-refractivity contribution < 1.29 is 0 Å². The molecule has 0 aliphatic carbocycles. The van der Waals surface area contributed by atoms with E-state index in [9.17, 15) is 0 Å². The van der Waals surface area contributed by atoms with E-state index in [1.807, 2.05) is 19.1 Å².